The zero-order valence-electron chi connectivity index (χ0n) is 11.3. The van der Waals surface area contributed by atoms with E-state index in [0.717, 1.165) is 18.0 Å². The number of ether oxygens (including phenoxy) is 1. The van der Waals surface area contributed by atoms with Crippen LogP contribution in [-0.2, 0) is 6.54 Å². The van der Waals surface area contributed by atoms with Crippen molar-refractivity contribution in [1.29, 1.82) is 0 Å². The molecule has 0 saturated heterocycles. The second kappa shape index (κ2) is 5.61. The second-order valence-electron chi connectivity index (χ2n) is 4.64. The molecule has 3 heteroatoms. The monoisotopic (exact) mass is 264 g/mol. The van der Waals surface area contributed by atoms with Crippen LogP contribution in [0.25, 0.3) is 10.8 Å². The number of pyridine rings is 1. The van der Waals surface area contributed by atoms with Crippen molar-refractivity contribution in [2.24, 2.45) is 0 Å². The van der Waals surface area contributed by atoms with Crippen molar-refractivity contribution in [3.05, 3.63) is 66.5 Å². The average Bonchev–Trinajstić information content (AvgIpc) is 2.53. The molecule has 0 aliphatic rings. The zero-order chi connectivity index (χ0) is 13.8. The normalized spacial score (nSPS) is 10.4. The van der Waals surface area contributed by atoms with Gasteiger partial charge in [-0.25, -0.2) is 0 Å². The molecule has 0 aliphatic heterocycles. The maximum absolute atomic E-state index is 5.15. The Morgan fingerprint density at radius 2 is 1.85 bits per heavy atom. The SMILES string of the molecule is COc1ccc(NCc2ccc3cnccc3c2)cc1. The van der Waals surface area contributed by atoms with Crippen LogP contribution >= 0.6 is 0 Å². The number of nitrogens with one attached hydrogen (secondary N) is 1. The molecule has 2 aromatic carbocycles. The van der Waals surface area contributed by atoms with Crippen molar-refractivity contribution in [1.82, 2.24) is 4.98 Å². The second-order valence-corrected chi connectivity index (χ2v) is 4.64. The molecule has 1 N–H and O–H groups in total. The predicted octanol–water partition coefficient (Wildman–Crippen LogP) is 3.86. The van der Waals surface area contributed by atoms with Gasteiger partial charge in [-0.1, -0.05) is 12.1 Å². The molecule has 0 aliphatic carbocycles. The van der Waals surface area contributed by atoms with Crippen LogP contribution in [0.1, 0.15) is 5.56 Å². The lowest BCUT2D eigenvalue weighted by atomic mass is 10.1. The Morgan fingerprint density at radius 3 is 2.65 bits per heavy atom. The van der Waals surface area contributed by atoms with Crippen molar-refractivity contribution in [3.8, 4) is 5.75 Å². The van der Waals surface area contributed by atoms with Gasteiger partial charge in [0.15, 0.2) is 0 Å². The molecule has 100 valence electrons. The smallest absolute Gasteiger partial charge is 0.119 e. The first-order valence-electron chi connectivity index (χ1n) is 6.56. The number of nitrogens with zero attached hydrogens (tertiary/aromatic N) is 1. The molecule has 3 nitrogen and oxygen atoms in total. The summed E-state index contributed by atoms with van der Waals surface area (Å²) < 4.78 is 5.15. The number of methoxy groups -OCH3 is 1. The summed E-state index contributed by atoms with van der Waals surface area (Å²) in [4.78, 5) is 4.12. The summed E-state index contributed by atoms with van der Waals surface area (Å²) in [5, 5.41) is 5.79. The molecular weight excluding hydrogens is 248 g/mol. The van der Waals surface area contributed by atoms with Gasteiger partial charge >= 0.3 is 0 Å². The first-order chi connectivity index (χ1) is 9.85. The fraction of sp³-hybridized carbons (Fsp3) is 0.118. The largest absolute Gasteiger partial charge is 0.497 e. The van der Waals surface area contributed by atoms with Crippen LogP contribution in [0.3, 0.4) is 0 Å². The Kier molecular flexibility index (Phi) is 3.50. The van der Waals surface area contributed by atoms with Gasteiger partial charge in [0.05, 0.1) is 7.11 Å². The van der Waals surface area contributed by atoms with Gasteiger partial charge in [-0.2, -0.15) is 0 Å². The van der Waals surface area contributed by atoms with Crippen molar-refractivity contribution >= 4 is 16.5 Å². The first kappa shape index (κ1) is 12.5. The number of benzene rings is 2. The molecule has 1 aromatic heterocycles. The molecule has 0 bridgehead atoms. The fourth-order valence-electron chi connectivity index (χ4n) is 2.16. The Labute approximate surface area is 118 Å². The minimum absolute atomic E-state index is 0.796. The third-order valence-corrected chi connectivity index (χ3v) is 3.29. The topological polar surface area (TPSA) is 34.1 Å². The van der Waals surface area contributed by atoms with Crippen molar-refractivity contribution in [3.63, 3.8) is 0 Å². The Balaban J connectivity index is 1.72. The Bertz CT molecular complexity index is 708. The first-order valence-corrected chi connectivity index (χ1v) is 6.56. The van der Waals surface area contributed by atoms with E-state index in [1.54, 1.807) is 7.11 Å². The minimum atomic E-state index is 0.796. The van der Waals surface area contributed by atoms with Gasteiger partial charge in [0.25, 0.3) is 0 Å². The highest BCUT2D eigenvalue weighted by molar-refractivity contribution is 5.82. The molecule has 20 heavy (non-hydrogen) atoms. The third-order valence-electron chi connectivity index (χ3n) is 3.29. The van der Waals surface area contributed by atoms with E-state index in [9.17, 15) is 0 Å². The van der Waals surface area contributed by atoms with Crippen LogP contribution in [-0.4, -0.2) is 12.1 Å². The van der Waals surface area contributed by atoms with Crippen molar-refractivity contribution < 1.29 is 4.74 Å². The lowest BCUT2D eigenvalue weighted by Crippen LogP contribution is -1.99. The molecule has 0 atom stereocenters. The summed E-state index contributed by atoms with van der Waals surface area (Å²) >= 11 is 0. The molecule has 0 radical (unpaired) electrons. The maximum Gasteiger partial charge on any atom is 0.119 e. The molecule has 0 fully saturated rings. The molecule has 3 aromatic rings. The van der Waals surface area contributed by atoms with Gasteiger partial charge in [0.2, 0.25) is 0 Å². The van der Waals surface area contributed by atoms with Gasteiger partial charge in [-0.15, -0.1) is 0 Å². The lowest BCUT2D eigenvalue weighted by Gasteiger charge is -2.08. The average molecular weight is 264 g/mol. The predicted molar refractivity (Wildman–Crippen MR) is 82.1 cm³/mol. The van der Waals surface area contributed by atoms with Gasteiger partial charge in [-0.3, -0.25) is 4.98 Å². The van der Waals surface area contributed by atoms with Crippen LogP contribution in [0.4, 0.5) is 5.69 Å². The van der Waals surface area contributed by atoms with E-state index in [4.69, 9.17) is 4.74 Å². The molecular formula is C17H16N2O. The number of anilines is 1. The highest BCUT2D eigenvalue weighted by atomic mass is 16.5. The molecule has 0 amide bonds. The van der Waals surface area contributed by atoms with Crippen LogP contribution in [0.5, 0.6) is 5.75 Å². The minimum Gasteiger partial charge on any atom is -0.497 e. The highest BCUT2D eigenvalue weighted by Gasteiger charge is 1.98. The Morgan fingerprint density at radius 1 is 1.00 bits per heavy atom. The molecule has 0 spiro atoms. The standard InChI is InChI=1S/C17H16N2O/c1-20-17-6-4-16(5-7-17)19-11-13-2-3-15-12-18-9-8-14(15)10-13/h2-10,12,19H,11H2,1H3. The summed E-state index contributed by atoms with van der Waals surface area (Å²) in [7, 11) is 1.67. The number of fused-ring (bicyclic) bond motifs is 1. The lowest BCUT2D eigenvalue weighted by molar-refractivity contribution is 0.415. The molecule has 3 rings (SSSR count). The van der Waals surface area contributed by atoms with Crippen LogP contribution in [0.2, 0.25) is 0 Å². The van der Waals surface area contributed by atoms with E-state index in [-0.39, 0.29) is 0 Å². The van der Waals surface area contributed by atoms with Gasteiger partial charge < -0.3 is 10.1 Å². The summed E-state index contributed by atoms with van der Waals surface area (Å²) in [6.07, 6.45) is 3.71. The number of rotatable bonds is 4. The molecule has 1 heterocycles. The van der Waals surface area contributed by atoms with E-state index in [1.807, 2.05) is 42.7 Å². The van der Waals surface area contributed by atoms with E-state index < -0.39 is 0 Å². The maximum atomic E-state index is 5.15. The summed E-state index contributed by atoms with van der Waals surface area (Å²) in [5.41, 5.74) is 2.33. The summed E-state index contributed by atoms with van der Waals surface area (Å²) in [5.74, 6) is 0.869. The zero-order valence-corrected chi connectivity index (χ0v) is 11.3. The quantitative estimate of drug-likeness (QED) is 0.777. The Hall–Kier alpha value is -2.55. The highest BCUT2D eigenvalue weighted by Crippen LogP contribution is 2.18. The van der Waals surface area contributed by atoms with E-state index in [1.165, 1.54) is 16.3 Å². The van der Waals surface area contributed by atoms with E-state index >= 15 is 0 Å². The van der Waals surface area contributed by atoms with Crippen LogP contribution in [0.15, 0.2) is 60.9 Å². The van der Waals surface area contributed by atoms with Gasteiger partial charge in [0, 0.05) is 30.0 Å². The van der Waals surface area contributed by atoms with Gasteiger partial charge in [-0.05, 0) is 47.3 Å². The van der Waals surface area contributed by atoms with Gasteiger partial charge in [0.1, 0.15) is 5.75 Å². The summed E-state index contributed by atoms with van der Waals surface area (Å²) in [6, 6.07) is 16.4. The number of hydrogen-bond acceptors (Lipinski definition) is 3. The van der Waals surface area contributed by atoms with E-state index in [2.05, 4.69) is 28.5 Å². The van der Waals surface area contributed by atoms with Crippen molar-refractivity contribution in [2.45, 2.75) is 6.54 Å². The summed E-state index contributed by atoms with van der Waals surface area (Å²) in [6.45, 7) is 0.796. The van der Waals surface area contributed by atoms with E-state index in [0.29, 0.717) is 0 Å². The van der Waals surface area contributed by atoms with Crippen LogP contribution in [0, 0.1) is 0 Å². The number of aromatic nitrogens is 1. The molecule has 0 saturated carbocycles. The third kappa shape index (κ3) is 2.72. The van der Waals surface area contributed by atoms with Crippen LogP contribution < -0.4 is 10.1 Å². The molecule has 0 unspecified atom stereocenters. The number of hydrogen-bond donors (Lipinski definition) is 1. The van der Waals surface area contributed by atoms with Crippen molar-refractivity contribution in [2.75, 3.05) is 12.4 Å². The fourth-order valence-corrected chi connectivity index (χ4v) is 2.16.